The van der Waals surface area contributed by atoms with E-state index in [1.807, 2.05) is 22.5 Å². The van der Waals surface area contributed by atoms with Crippen molar-refractivity contribution in [2.45, 2.75) is 26.3 Å². The number of rotatable bonds is 1. The van der Waals surface area contributed by atoms with E-state index in [1.165, 1.54) is 0 Å². The van der Waals surface area contributed by atoms with Crippen molar-refractivity contribution in [2.24, 2.45) is 0 Å². The summed E-state index contributed by atoms with van der Waals surface area (Å²) in [5, 5.41) is 0. The minimum Gasteiger partial charge on any atom is -0.298 e. The molecule has 66 valence electrons. The van der Waals surface area contributed by atoms with Crippen LogP contribution in [0.3, 0.4) is 0 Å². The highest BCUT2D eigenvalue weighted by atomic mass is 32.1. The van der Waals surface area contributed by atoms with E-state index in [0.29, 0.717) is 0 Å². The second-order valence-corrected chi connectivity index (χ2v) is 4.07. The summed E-state index contributed by atoms with van der Waals surface area (Å²) in [5.74, 6) is 0.883. The Morgan fingerprint density at radius 2 is 2.00 bits per heavy atom. The summed E-state index contributed by atoms with van der Waals surface area (Å²) in [6, 6.07) is 5.79. The molecule has 2 nitrogen and oxygen atoms in total. The van der Waals surface area contributed by atoms with Crippen LogP contribution in [0.25, 0.3) is 0 Å². The summed E-state index contributed by atoms with van der Waals surface area (Å²) >= 11 is 4.37. The van der Waals surface area contributed by atoms with Crippen LogP contribution in [0, 0.1) is 0 Å². The Bertz CT molecular complexity index is 240. The second kappa shape index (κ2) is 3.35. The molecule has 0 fully saturated rings. The quantitative estimate of drug-likeness (QED) is 0.672. The lowest BCUT2D eigenvalue weighted by molar-refractivity contribution is 0.587. The Hall–Kier alpha value is -0.700. The van der Waals surface area contributed by atoms with E-state index in [9.17, 15) is 0 Å². The lowest BCUT2D eigenvalue weighted by Gasteiger charge is -2.31. The van der Waals surface area contributed by atoms with Crippen molar-refractivity contribution in [3.05, 3.63) is 24.4 Å². The Kier molecular flexibility index (Phi) is 2.62. The first-order valence-corrected chi connectivity index (χ1v) is 4.32. The van der Waals surface area contributed by atoms with Gasteiger partial charge in [-0.3, -0.25) is 4.31 Å². The zero-order valence-electron chi connectivity index (χ0n) is 7.65. The van der Waals surface area contributed by atoms with E-state index < -0.39 is 0 Å². The van der Waals surface area contributed by atoms with Gasteiger partial charge < -0.3 is 0 Å². The van der Waals surface area contributed by atoms with E-state index in [1.54, 1.807) is 6.20 Å². The van der Waals surface area contributed by atoms with Crippen molar-refractivity contribution >= 4 is 18.6 Å². The maximum atomic E-state index is 4.37. The normalized spacial score (nSPS) is 11.3. The van der Waals surface area contributed by atoms with Crippen LogP contribution in [0.4, 0.5) is 5.82 Å². The van der Waals surface area contributed by atoms with Crippen molar-refractivity contribution < 1.29 is 0 Å². The highest BCUT2D eigenvalue weighted by Crippen LogP contribution is 2.22. The molecule has 1 aromatic heterocycles. The largest absolute Gasteiger partial charge is 0.298 e. The Morgan fingerprint density at radius 1 is 1.33 bits per heavy atom. The lowest BCUT2D eigenvalue weighted by atomic mass is 10.1. The van der Waals surface area contributed by atoms with Crippen molar-refractivity contribution in [1.29, 1.82) is 0 Å². The monoisotopic (exact) mass is 182 g/mol. The maximum absolute atomic E-state index is 4.37. The topological polar surface area (TPSA) is 16.1 Å². The van der Waals surface area contributed by atoms with E-state index in [-0.39, 0.29) is 5.54 Å². The predicted molar refractivity (Wildman–Crippen MR) is 55.5 cm³/mol. The number of nitrogens with zero attached hydrogens (tertiary/aromatic N) is 2. The second-order valence-electron chi connectivity index (χ2n) is 3.67. The third-order valence-corrected chi connectivity index (χ3v) is 2.31. The molecule has 0 atom stereocenters. The number of pyridine rings is 1. The number of hydrogen-bond donors (Lipinski definition) is 1. The first kappa shape index (κ1) is 9.39. The highest BCUT2D eigenvalue weighted by Gasteiger charge is 2.18. The Balaban J connectivity index is 2.86. The van der Waals surface area contributed by atoms with Crippen LogP contribution in [0.15, 0.2) is 24.4 Å². The van der Waals surface area contributed by atoms with E-state index in [0.717, 1.165) is 5.82 Å². The Labute approximate surface area is 79.2 Å². The average molecular weight is 182 g/mol. The molecule has 0 bridgehead atoms. The zero-order chi connectivity index (χ0) is 9.19. The molecule has 12 heavy (non-hydrogen) atoms. The van der Waals surface area contributed by atoms with Gasteiger partial charge in [0.05, 0.1) is 0 Å². The molecule has 0 radical (unpaired) electrons. The third-order valence-electron chi connectivity index (χ3n) is 1.50. The number of hydrogen-bond acceptors (Lipinski definition) is 3. The molecule has 1 rings (SSSR count). The molecule has 0 saturated carbocycles. The van der Waals surface area contributed by atoms with Gasteiger partial charge in [0.1, 0.15) is 5.82 Å². The van der Waals surface area contributed by atoms with Crippen molar-refractivity contribution in [3.8, 4) is 0 Å². The fourth-order valence-corrected chi connectivity index (χ4v) is 0.941. The van der Waals surface area contributed by atoms with Gasteiger partial charge in [0, 0.05) is 11.7 Å². The molecule has 0 saturated heterocycles. The highest BCUT2D eigenvalue weighted by molar-refractivity contribution is 7.81. The van der Waals surface area contributed by atoms with Crippen LogP contribution in [-0.4, -0.2) is 10.5 Å². The number of thiol groups is 1. The molecule has 0 N–H and O–H groups in total. The molecule has 0 spiro atoms. The van der Waals surface area contributed by atoms with Gasteiger partial charge in [0.15, 0.2) is 0 Å². The van der Waals surface area contributed by atoms with Gasteiger partial charge in [-0.2, -0.15) is 0 Å². The van der Waals surface area contributed by atoms with Crippen molar-refractivity contribution in [3.63, 3.8) is 0 Å². The standard InChI is InChI=1S/C9H14N2S/c1-9(2,3)11(12)8-6-4-5-7-10-8/h4-7,12H,1-3H3. The van der Waals surface area contributed by atoms with Crippen LogP contribution in [-0.2, 0) is 0 Å². The molecular weight excluding hydrogens is 168 g/mol. The van der Waals surface area contributed by atoms with E-state index in [2.05, 4.69) is 38.6 Å². The van der Waals surface area contributed by atoms with Crippen molar-refractivity contribution in [2.75, 3.05) is 4.31 Å². The van der Waals surface area contributed by atoms with E-state index in [4.69, 9.17) is 0 Å². The summed E-state index contributed by atoms with van der Waals surface area (Å²) in [6.45, 7) is 6.28. The summed E-state index contributed by atoms with van der Waals surface area (Å²) in [5.41, 5.74) is -0.00252. The fourth-order valence-electron chi connectivity index (χ4n) is 0.823. The molecule has 1 aromatic rings. The molecule has 0 aromatic carbocycles. The molecular formula is C9H14N2S. The van der Waals surface area contributed by atoms with Gasteiger partial charge in [-0.05, 0) is 32.9 Å². The van der Waals surface area contributed by atoms with Gasteiger partial charge in [-0.1, -0.05) is 18.9 Å². The van der Waals surface area contributed by atoms with Crippen LogP contribution < -0.4 is 4.31 Å². The zero-order valence-corrected chi connectivity index (χ0v) is 8.55. The van der Waals surface area contributed by atoms with E-state index >= 15 is 0 Å². The average Bonchev–Trinajstić information content (AvgIpc) is 2.03. The fraction of sp³-hybridized carbons (Fsp3) is 0.444. The van der Waals surface area contributed by atoms with Crippen LogP contribution in [0.5, 0.6) is 0 Å². The molecule has 0 amide bonds. The predicted octanol–water partition coefficient (Wildman–Crippen LogP) is 2.53. The number of anilines is 1. The smallest absolute Gasteiger partial charge is 0.138 e. The summed E-state index contributed by atoms with van der Waals surface area (Å²) < 4.78 is 1.85. The SMILES string of the molecule is CC(C)(C)N(S)c1ccccn1. The van der Waals surface area contributed by atoms with Crippen LogP contribution >= 0.6 is 12.8 Å². The van der Waals surface area contributed by atoms with Gasteiger partial charge in [0.2, 0.25) is 0 Å². The van der Waals surface area contributed by atoms with Gasteiger partial charge >= 0.3 is 0 Å². The summed E-state index contributed by atoms with van der Waals surface area (Å²) in [4.78, 5) is 4.19. The first-order valence-electron chi connectivity index (χ1n) is 3.92. The third kappa shape index (κ3) is 2.14. The van der Waals surface area contributed by atoms with Gasteiger partial charge in [-0.15, -0.1) is 0 Å². The van der Waals surface area contributed by atoms with Gasteiger partial charge in [-0.25, -0.2) is 4.98 Å². The number of aromatic nitrogens is 1. The lowest BCUT2D eigenvalue weighted by Crippen LogP contribution is -2.34. The summed E-state index contributed by atoms with van der Waals surface area (Å²) in [7, 11) is 0. The molecule has 0 aliphatic rings. The summed E-state index contributed by atoms with van der Waals surface area (Å²) in [6.07, 6.45) is 1.77. The minimum atomic E-state index is -0.00252. The molecule has 1 heterocycles. The minimum absolute atomic E-state index is 0.00252. The Morgan fingerprint density at radius 3 is 2.42 bits per heavy atom. The first-order chi connectivity index (χ1) is 5.52. The molecule has 3 heteroatoms. The molecule has 0 unspecified atom stereocenters. The molecule has 0 aliphatic heterocycles. The van der Waals surface area contributed by atoms with Crippen molar-refractivity contribution in [1.82, 2.24) is 4.98 Å². The van der Waals surface area contributed by atoms with Gasteiger partial charge in [0.25, 0.3) is 0 Å². The van der Waals surface area contributed by atoms with Crippen LogP contribution in [0.2, 0.25) is 0 Å². The maximum Gasteiger partial charge on any atom is 0.138 e. The molecule has 0 aliphatic carbocycles. The van der Waals surface area contributed by atoms with Crippen LogP contribution in [0.1, 0.15) is 20.8 Å².